The van der Waals surface area contributed by atoms with Crippen molar-refractivity contribution in [1.82, 2.24) is 21.3 Å². The molecule has 6 N–H and O–H groups in total. The lowest BCUT2D eigenvalue weighted by atomic mass is 9.84. The number of rotatable bonds is 4. The van der Waals surface area contributed by atoms with Gasteiger partial charge < -0.3 is 31.5 Å². The van der Waals surface area contributed by atoms with Crippen LogP contribution >= 0.6 is 0 Å². The Hall–Kier alpha value is -1.22. The number of nitrogens with one attached hydrogen (secondary N) is 4. The van der Waals surface area contributed by atoms with Gasteiger partial charge in [0, 0.05) is 12.1 Å². The van der Waals surface area contributed by atoms with Crippen molar-refractivity contribution in [2.75, 3.05) is 13.1 Å². The number of carbonyl (C=O) groups is 2. The molecule has 0 aromatic heterocycles. The van der Waals surface area contributed by atoms with E-state index in [-0.39, 0.29) is 55.6 Å². The molecule has 2 aliphatic carbocycles. The maximum absolute atomic E-state index is 12.0. The summed E-state index contributed by atoms with van der Waals surface area (Å²) < 4.78 is 0. The highest BCUT2D eigenvalue weighted by Crippen LogP contribution is 2.25. The molecule has 4 aliphatic rings. The molecule has 8 atom stereocenters. The number of hydrogen-bond donors (Lipinski definition) is 6. The summed E-state index contributed by atoms with van der Waals surface area (Å²) in [6.45, 7) is 6.04. The third kappa shape index (κ3) is 9.63. The molecule has 4 rings (SSSR count). The van der Waals surface area contributed by atoms with Crippen LogP contribution in [0.3, 0.4) is 0 Å². The van der Waals surface area contributed by atoms with Crippen LogP contribution in [-0.2, 0) is 9.59 Å². The van der Waals surface area contributed by atoms with Gasteiger partial charge in [-0.25, -0.2) is 0 Å². The van der Waals surface area contributed by atoms with E-state index < -0.39 is 0 Å². The number of hydrogen-bond acceptors (Lipinski definition) is 6. The number of amides is 2. The fraction of sp³-hybridized carbons (Fsp3) is 0.926. The van der Waals surface area contributed by atoms with Gasteiger partial charge in [0.2, 0.25) is 11.8 Å². The lowest BCUT2D eigenvalue weighted by Crippen LogP contribution is -2.51. The Bertz CT molecular complexity index is 583. The van der Waals surface area contributed by atoms with Gasteiger partial charge in [0.25, 0.3) is 0 Å². The maximum Gasteiger partial charge on any atom is 0.237 e. The average Bonchev–Trinajstić information content (AvgIpc) is 2.85. The highest BCUT2D eigenvalue weighted by atomic mass is 16.3. The largest absolute Gasteiger partial charge is 0.393 e. The Kier molecular flexibility index (Phi) is 13.0. The van der Waals surface area contributed by atoms with Crippen molar-refractivity contribution in [3.05, 3.63) is 0 Å². The molecule has 0 aromatic rings. The summed E-state index contributed by atoms with van der Waals surface area (Å²) in [7, 11) is 0. The molecule has 2 heterocycles. The van der Waals surface area contributed by atoms with Crippen molar-refractivity contribution in [2.24, 2.45) is 11.8 Å². The Morgan fingerprint density at radius 1 is 0.657 bits per heavy atom. The Morgan fingerprint density at radius 3 is 1.37 bits per heavy atom. The molecular weight excluding hydrogens is 444 g/mol. The average molecular weight is 497 g/mol. The van der Waals surface area contributed by atoms with Crippen molar-refractivity contribution in [2.45, 2.75) is 135 Å². The fourth-order valence-electron chi connectivity index (χ4n) is 5.61. The number of aliphatic hydroxyl groups is 2. The van der Waals surface area contributed by atoms with Gasteiger partial charge in [0.05, 0.1) is 24.3 Å². The van der Waals surface area contributed by atoms with Crippen molar-refractivity contribution in [3.8, 4) is 0 Å². The third-order valence-electron chi connectivity index (χ3n) is 8.25. The van der Waals surface area contributed by atoms with E-state index in [1.54, 1.807) is 0 Å². The summed E-state index contributed by atoms with van der Waals surface area (Å²) in [5, 5.41) is 32.3. The Balaban J connectivity index is 0.000000240. The molecule has 0 radical (unpaired) electrons. The van der Waals surface area contributed by atoms with E-state index in [1.807, 2.05) is 0 Å². The number of carbonyl (C=O) groups excluding carboxylic acids is 2. The zero-order chi connectivity index (χ0) is 24.5. The normalized spacial score (nSPS) is 37.6. The highest BCUT2D eigenvalue weighted by Gasteiger charge is 2.30. The van der Waals surface area contributed by atoms with Crippen LogP contribution in [0.25, 0.3) is 0 Å². The van der Waals surface area contributed by atoms with Crippen molar-refractivity contribution >= 4 is 11.8 Å². The van der Waals surface area contributed by atoms with Gasteiger partial charge in [0.1, 0.15) is 0 Å². The molecule has 4 fully saturated rings. The van der Waals surface area contributed by atoms with Gasteiger partial charge in [-0.1, -0.05) is 34.1 Å². The van der Waals surface area contributed by atoms with Crippen LogP contribution in [0.2, 0.25) is 0 Å². The van der Waals surface area contributed by atoms with E-state index in [4.69, 9.17) is 0 Å². The quantitative estimate of drug-likeness (QED) is 0.355. The predicted molar refractivity (Wildman–Crippen MR) is 140 cm³/mol. The molecule has 35 heavy (non-hydrogen) atoms. The van der Waals surface area contributed by atoms with Crippen LogP contribution in [-0.4, -0.2) is 71.5 Å². The molecule has 204 valence electrons. The van der Waals surface area contributed by atoms with E-state index in [0.717, 1.165) is 64.5 Å². The molecule has 2 saturated heterocycles. The Morgan fingerprint density at radius 2 is 1.06 bits per heavy atom. The van der Waals surface area contributed by atoms with E-state index in [9.17, 15) is 19.8 Å². The summed E-state index contributed by atoms with van der Waals surface area (Å²) in [5.74, 6) is 0.986. The minimum Gasteiger partial charge on any atom is -0.393 e. The van der Waals surface area contributed by atoms with Crippen molar-refractivity contribution in [3.63, 3.8) is 0 Å². The molecule has 0 spiro atoms. The van der Waals surface area contributed by atoms with Gasteiger partial charge in [-0.05, 0) is 89.1 Å². The topological polar surface area (TPSA) is 123 Å². The van der Waals surface area contributed by atoms with Crippen LogP contribution in [0, 0.1) is 11.8 Å². The smallest absolute Gasteiger partial charge is 0.237 e. The first kappa shape index (κ1) is 30.0. The molecule has 0 aromatic carbocycles. The van der Waals surface area contributed by atoms with Crippen LogP contribution in [0.5, 0.6) is 0 Å². The molecule has 8 nitrogen and oxygen atoms in total. The first-order chi connectivity index (χ1) is 16.3. The second kappa shape index (κ2) is 15.1. The summed E-state index contributed by atoms with van der Waals surface area (Å²) in [6.07, 6.45) is 11.4. The molecule has 2 aliphatic heterocycles. The zero-order valence-corrected chi connectivity index (χ0v) is 21.2. The Labute approximate surface area is 212 Å². The molecule has 8 heteroatoms. The van der Waals surface area contributed by atoms with Crippen molar-refractivity contribution < 1.29 is 19.8 Å². The van der Waals surface area contributed by atoms with Crippen molar-refractivity contribution in [1.29, 1.82) is 0 Å². The maximum atomic E-state index is 12.0. The second-order valence-electron chi connectivity index (χ2n) is 11.1. The summed E-state index contributed by atoms with van der Waals surface area (Å²) in [4.78, 5) is 24.0. The second-order valence-corrected chi connectivity index (χ2v) is 11.1. The van der Waals surface area contributed by atoms with E-state index in [2.05, 4.69) is 35.1 Å². The minimum atomic E-state index is -0.256. The SMILES string of the molecule is C.C[C@@H]1CC[C@@H](NC(=O)[C@H]2CCCCN2)C[C@H]1O.C[C@H]1CC[C@H](NC(=O)[C@H]2CCCCN2)C[C@@H]1O. The first-order valence-electron chi connectivity index (χ1n) is 13.8. The van der Waals surface area contributed by atoms with Gasteiger partial charge in [-0.15, -0.1) is 0 Å². The number of aliphatic hydroxyl groups excluding tert-OH is 2. The van der Waals surface area contributed by atoms with Crippen LogP contribution < -0.4 is 21.3 Å². The predicted octanol–water partition coefficient (Wildman–Crippen LogP) is 2.22. The highest BCUT2D eigenvalue weighted by molar-refractivity contribution is 5.82. The minimum absolute atomic E-state index is 0. The van der Waals surface area contributed by atoms with Crippen LogP contribution in [0.4, 0.5) is 0 Å². The molecule has 2 saturated carbocycles. The van der Waals surface area contributed by atoms with Crippen LogP contribution in [0.15, 0.2) is 0 Å². The van der Waals surface area contributed by atoms with Gasteiger partial charge in [-0.2, -0.15) is 0 Å². The monoisotopic (exact) mass is 496 g/mol. The summed E-state index contributed by atoms with van der Waals surface area (Å²) >= 11 is 0. The summed E-state index contributed by atoms with van der Waals surface area (Å²) in [6, 6.07) is 0.301. The summed E-state index contributed by atoms with van der Waals surface area (Å²) in [5.41, 5.74) is 0. The first-order valence-corrected chi connectivity index (χ1v) is 13.8. The molecule has 2 amide bonds. The fourth-order valence-corrected chi connectivity index (χ4v) is 5.61. The van der Waals surface area contributed by atoms with E-state index in [0.29, 0.717) is 24.7 Å². The molecular formula is C27H52N4O4. The van der Waals surface area contributed by atoms with Crippen LogP contribution in [0.1, 0.15) is 98.3 Å². The van der Waals surface area contributed by atoms with Gasteiger partial charge in [-0.3, -0.25) is 9.59 Å². The standard InChI is InChI=1S/2C13H24N2O2.CH4/c2*1-9-5-6-10(8-12(9)16)15-13(17)11-4-2-3-7-14-11;/h2*9-12,14,16H,2-8H2,1H3,(H,15,17);1H4/t9-,10-,11+,12-;9-,10-,11-,12-;/m01./s1. The molecule has 0 unspecified atom stereocenters. The lowest BCUT2D eigenvalue weighted by molar-refractivity contribution is -0.125. The third-order valence-corrected chi connectivity index (χ3v) is 8.25. The van der Waals surface area contributed by atoms with Gasteiger partial charge >= 0.3 is 0 Å². The van der Waals surface area contributed by atoms with E-state index in [1.165, 1.54) is 12.8 Å². The van der Waals surface area contributed by atoms with E-state index >= 15 is 0 Å². The van der Waals surface area contributed by atoms with Gasteiger partial charge in [0.15, 0.2) is 0 Å². The molecule has 0 bridgehead atoms. The lowest BCUT2D eigenvalue weighted by Gasteiger charge is -2.33. The number of piperidine rings is 2. The zero-order valence-electron chi connectivity index (χ0n) is 21.2.